The summed E-state index contributed by atoms with van der Waals surface area (Å²) in [6, 6.07) is 0.242. The number of amides is 1. The molecule has 0 atom stereocenters. The lowest BCUT2D eigenvalue weighted by molar-refractivity contribution is -0.137. The minimum absolute atomic E-state index is 0.0690. The summed E-state index contributed by atoms with van der Waals surface area (Å²) in [6.07, 6.45) is 3.40. The zero-order valence-corrected chi connectivity index (χ0v) is 10.9. The van der Waals surface area contributed by atoms with Crippen molar-refractivity contribution >= 4 is 5.91 Å². The van der Waals surface area contributed by atoms with Crippen molar-refractivity contribution in [2.24, 2.45) is 5.73 Å². The lowest BCUT2D eigenvalue weighted by Gasteiger charge is -2.26. The van der Waals surface area contributed by atoms with Crippen LogP contribution in [0.3, 0.4) is 0 Å². The number of nitrogens with two attached hydrogens (primary N) is 1. The summed E-state index contributed by atoms with van der Waals surface area (Å²) in [4.78, 5) is 13.7. The minimum atomic E-state index is 0.0690. The molecule has 0 unspecified atom stereocenters. The van der Waals surface area contributed by atoms with Gasteiger partial charge in [-0.1, -0.05) is 19.8 Å². The maximum Gasteiger partial charge on any atom is 0.248 e. The van der Waals surface area contributed by atoms with E-state index < -0.39 is 0 Å². The second-order valence-electron chi connectivity index (χ2n) is 4.23. The number of ether oxygens (including phenoxy) is 1. The van der Waals surface area contributed by atoms with Gasteiger partial charge in [-0.15, -0.1) is 0 Å². The zero-order chi connectivity index (χ0) is 12.4. The Bertz CT molecular complexity index is 184. The number of carbonyl (C=O) groups excluding carboxylic acids is 1. The minimum Gasteiger partial charge on any atom is -0.370 e. The standard InChI is InChI=1S/C12H26N2O2/c1-4-5-6-8-14(11(2)3)12(15)10-16-9-7-13/h11H,4-10,13H2,1-3H3. The molecule has 0 rings (SSSR count). The van der Waals surface area contributed by atoms with Crippen LogP contribution in [0.25, 0.3) is 0 Å². The fraction of sp³-hybridized carbons (Fsp3) is 0.917. The average molecular weight is 230 g/mol. The van der Waals surface area contributed by atoms with Crippen LogP contribution in [0.2, 0.25) is 0 Å². The van der Waals surface area contributed by atoms with E-state index in [9.17, 15) is 4.79 Å². The first-order valence-corrected chi connectivity index (χ1v) is 6.20. The summed E-state index contributed by atoms with van der Waals surface area (Å²) in [5.41, 5.74) is 5.30. The Morgan fingerprint density at radius 1 is 1.38 bits per heavy atom. The number of hydrogen-bond acceptors (Lipinski definition) is 3. The third-order valence-corrected chi connectivity index (χ3v) is 2.43. The fourth-order valence-corrected chi connectivity index (χ4v) is 1.53. The van der Waals surface area contributed by atoms with E-state index in [1.165, 1.54) is 12.8 Å². The van der Waals surface area contributed by atoms with E-state index in [1.54, 1.807) is 0 Å². The monoisotopic (exact) mass is 230 g/mol. The molecule has 0 heterocycles. The van der Waals surface area contributed by atoms with E-state index in [2.05, 4.69) is 6.92 Å². The predicted molar refractivity (Wildman–Crippen MR) is 66.2 cm³/mol. The van der Waals surface area contributed by atoms with Crippen LogP contribution in [-0.2, 0) is 9.53 Å². The highest BCUT2D eigenvalue weighted by molar-refractivity contribution is 5.77. The second kappa shape index (κ2) is 9.60. The molecule has 0 fully saturated rings. The van der Waals surface area contributed by atoms with Crippen molar-refractivity contribution in [1.29, 1.82) is 0 Å². The Morgan fingerprint density at radius 3 is 2.56 bits per heavy atom. The lowest BCUT2D eigenvalue weighted by atomic mass is 10.2. The molecule has 0 bridgehead atoms. The molecule has 16 heavy (non-hydrogen) atoms. The van der Waals surface area contributed by atoms with Gasteiger partial charge in [0.15, 0.2) is 0 Å². The molecule has 96 valence electrons. The zero-order valence-electron chi connectivity index (χ0n) is 10.9. The summed E-state index contributed by atoms with van der Waals surface area (Å²) >= 11 is 0. The highest BCUT2D eigenvalue weighted by Gasteiger charge is 2.15. The smallest absolute Gasteiger partial charge is 0.248 e. The SMILES string of the molecule is CCCCCN(C(=O)COCCN)C(C)C. The van der Waals surface area contributed by atoms with Gasteiger partial charge in [0.25, 0.3) is 0 Å². The summed E-state index contributed by atoms with van der Waals surface area (Å²) in [7, 11) is 0. The Kier molecular flexibility index (Phi) is 9.24. The van der Waals surface area contributed by atoms with Crippen LogP contribution in [0.5, 0.6) is 0 Å². The molecule has 0 aromatic carbocycles. The largest absolute Gasteiger partial charge is 0.370 e. The summed E-state index contributed by atoms with van der Waals surface area (Å²) in [6.45, 7) is 8.13. The van der Waals surface area contributed by atoms with Crippen molar-refractivity contribution in [2.45, 2.75) is 46.1 Å². The highest BCUT2D eigenvalue weighted by Crippen LogP contribution is 2.04. The van der Waals surface area contributed by atoms with Gasteiger partial charge in [-0.3, -0.25) is 4.79 Å². The second-order valence-corrected chi connectivity index (χ2v) is 4.23. The number of hydrogen-bond donors (Lipinski definition) is 1. The van der Waals surface area contributed by atoms with E-state index in [0.29, 0.717) is 13.2 Å². The molecule has 0 radical (unpaired) electrons. The third-order valence-electron chi connectivity index (χ3n) is 2.43. The van der Waals surface area contributed by atoms with Crippen molar-refractivity contribution in [3.8, 4) is 0 Å². The van der Waals surface area contributed by atoms with Crippen molar-refractivity contribution in [3.63, 3.8) is 0 Å². The van der Waals surface area contributed by atoms with Gasteiger partial charge in [-0.25, -0.2) is 0 Å². The van der Waals surface area contributed by atoms with E-state index in [4.69, 9.17) is 10.5 Å². The topological polar surface area (TPSA) is 55.6 Å². The van der Waals surface area contributed by atoms with Crippen LogP contribution < -0.4 is 5.73 Å². The highest BCUT2D eigenvalue weighted by atomic mass is 16.5. The Labute approximate surface area is 99.1 Å². The molecule has 0 saturated heterocycles. The molecule has 0 aliphatic heterocycles. The number of carbonyl (C=O) groups is 1. The van der Waals surface area contributed by atoms with Gasteiger partial charge in [0.2, 0.25) is 5.91 Å². The maximum absolute atomic E-state index is 11.8. The molecule has 4 nitrogen and oxygen atoms in total. The summed E-state index contributed by atoms with van der Waals surface area (Å²) in [5.74, 6) is 0.0690. The van der Waals surface area contributed by atoms with E-state index in [-0.39, 0.29) is 18.6 Å². The number of nitrogens with zero attached hydrogens (tertiary/aromatic N) is 1. The molecule has 0 saturated carbocycles. The fourth-order valence-electron chi connectivity index (χ4n) is 1.53. The first-order valence-electron chi connectivity index (χ1n) is 6.20. The van der Waals surface area contributed by atoms with Crippen LogP contribution in [0.15, 0.2) is 0 Å². The first kappa shape index (κ1) is 15.4. The van der Waals surface area contributed by atoms with Crippen LogP contribution in [0.1, 0.15) is 40.0 Å². The average Bonchev–Trinajstić information content (AvgIpc) is 2.24. The third kappa shape index (κ3) is 6.80. The molecule has 2 N–H and O–H groups in total. The summed E-state index contributed by atoms with van der Waals surface area (Å²) in [5, 5.41) is 0. The van der Waals surface area contributed by atoms with Crippen molar-refractivity contribution in [1.82, 2.24) is 4.90 Å². The van der Waals surface area contributed by atoms with E-state index in [0.717, 1.165) is 13.0 Å². The van der Waals surface area contributed by atoms with Gasteiger partial charge in [0.1, 0.15) is 6.61 Å². The van der Waals surface area contributed by atoms with Gasteiger partial charge in [-0.2, -0.15) is 0 Å². The number of rotatable bonds is 9. The Hall–Kier alpha value is -0.610. The summed E-state index contributed by atoms with van der Waals surface area (Å²) < 4.78 is 5.17. The Balaban J connectivity index is 3.93. The van der Waals surface area contributed by atoms with Gasteiger partial charge < -0.3 is 15.4 Å². The molecule has 4 heteroatoms. The van der Waals surface area contributed by atoms with E-state index in [1.807, 2.05) is 18.7 Å². The van der Waals surface area contributed by atoms with E-state index >= 15 is 0 Å². The molecular weight excluding hydrogens is 204 g/mol. The predicted octanol–water partition coefficient (Wildman–Crippen LogP) is 1.39. The van der Waals surface area contributed by atoms with Gasteiger partial charge in [0, 0.05) is 19.1 Å². The first-order chi connectivity index (χ1) is 7.63. The van der Waals surface area contributed by atoms with Crippen molar-refractivity contribution < 1.29 is 9.53 Å². The molecule has 0 aliphatic rings. The quantitative estimate of drug-likeness (QED) is 0.609. The molecule has 0 aromatic heterocycles. The van der Waals surface area contributed by atoms with Gasteiger partial charge in [0.05, 0.1) is 6.61 Å². The van der Waals surface area contributed by atoms with Crippen LogP contribution in [-0.4, -0.2) is 43.2 Å². The number of unbranched alkanes of at least 4 members (excludes halogenated alkanes) is 2. The van der Waals surface area contributed by atoms with Crippen molar-refractivity contribution in [3.05, 3.63) is 0 Å². The lowest BCUT2D eigenvalue weighted by Crippen LogP contribution is -2.40. The molecule has 0 aromatic rings. The molecule has 0 aliphatic carbocycles. The molecule has 1 amide bonds. The normalized spacial score (nSPS) is 10.8. The van der Waals surface area contributed by atoms with Crippen LogP contribution in [0.4, 0.5) is 0 Å². The van der Waals surface area contributed by atoms with Crippen molar-refractivity contribution in [2.75, 3.05) is 26.3 Å². The van der Waals surface area contributed by atoms with Crippen LogP contribution >= 0.6 is 0 Å². The van der Waals surface area contributed by atoms with Crippen LogP contribution in [0, 0.1) is 0 Å². The molecule has 0 spiro atoms. The van der Waals surface area contributed by atoms with Gasteiger partial charge >= 0.3 is 0 Å². The maximum atomic E-state index is 11.8. The molecular formula is C12H26N2O2. The Morgan fingerprint density at radius 2 is 2.06 bits per heavy atom. The van der Waals surface area contributed by atoms with Gasteiger partial charge in [-0.05, 0) is 20.3 Å².